The number of likely N-dealkylation sites (N-methyl/N-ethyl adjacent to an activating group) is 1. The summed E-state index contributed by atoms with van der Waals surface area (Å²) >= 11 is 0. The summed E-state index contributed by atoms with van der Waals surface area (Å²) in [6.07, 6.45) is 1.09. The van der Waals surface area contributed by atoms with Gasteiger partial charge in [-0.3, -0.25) is 9.69 Å². The van der Waals surface area contributed by atoms with Gasteiger partial charge in [0.15, 0.2) is 0 Å². The molecule has 88 valence electrons. The van der Waals surface area contributed by atoms with Crippen LogP contribution in [0.5, 0.6) is 0 Å². The van der Waals surface area contributed by atoms with Crippen molar-refractivity contribution in [2.24, 2.45) is 0 Å². The Balaban J connectivity index is 2.71. The van der Waals surface area contributed by atoms with E-state index < -0.39 is 0 Å². The third-order valence-electron chi connectivity index (χ3n) is 2.71. The van der Waals surface area contributed by atoms with E-state index in [4.69, 9.17) is 0 Å². The largest absolute Gasteiger partial charge is 0.349 e. The number of amides is 1. The highest BCUT2D eigenvalue weighted by atomic mass is 16.2. The normalized spacial score (nSPS) is 26.4. The van der Waals surface area contributed by atoms with Gasteiger partial charge in [-0.15, -0.1) is 0 Å². The van der Waals surface area contributed by atoms with Crippen molar-refractivity contribution in [2.45, 2.75) is 38.8 Å². The summed E-state index contributed by atoms with van der Waals surface area (Å²) in [5, 5.41) is 6.14. The Hall–Kier alpha value is -0.610. The number of carbonyl (C=O) groups is 1. The standard InChI is InChI=1S/C11H23N3O/c1-5-6-14-8-11(2,3)13-10(15)9(14)7-12-4/h9,12H,5-8H2,1-4H3,(H,13,15). The maximum atomic E-state index is 11.9. The summed E-state index contributed by atoms with van der Waals surface area (Å²) in [6.45, 7) is 8.94. The minimum absolute atomic E-state index is 0.0111. The van der Waals surface area contributed by atoms with Crippen LogP contribution in [0.4, 0.5) is 0 Å². The van der Waals surface area contributed by atoms with E-state index >= 15 is 0 Å². The molecule has 4 heteroatoms. The van der Waals surface area contributed by atoms with Crippen LogP contribution in [0.3, 0.4) is 0 Å². The lowest BCUT2D eigenvalue weighted by Gasteiger charge is -2.43. The second kappa shape index (κ2) is 4.94. The minimum Gasteiger partial charge on any atom is -0.349 e. The smallest absolute Gasteiger partial charge is 0.239 e. The predicted octanol–water partition coefficient (Wildman–Crippen LogP) is 0.195. The van der Waals surface area contributed by atoms with Gasteiger partial charge in [-0.05, 0) is 33.9 Å². The number of rotatable bonds is 4. The maximum Gasteiger partial charge on any atom is 0.239 e. The van der Waals surface area contributed by atoms with Crippen LogP contribution in [0.15, 0.2) is 0 Å². The van der Waals surface area contributed by atoms with Crippen LogP contribution in [-0.2, 0) is 4.79 Å². The molecule has 1 amide bonds. The summed E-state index contributed by atoms with van der Waals surface area (Å²) in [5.74, 6) is 0.147. The summed E-state index contributed by atoms with van der Waals surface area (Å²) in [4.78, 5) is 14.2. The van der Waals surface area contributed by atoms with Crippen LogP contribution in [0.2, 0.25) is 0 Å². The highest BCUT2D eigenvalue weighted by molar-refractivity contribution is 5.83. The molecule has 1 rings (SSSR count). The highest BCUT2D eigenvalue weighted by Crippen LogP contribution is 2.15. The molecule has 0 aromatic heterocycles. The van der Waals surface area contributed by atoms with Gasteiger partial charge in [0.2, 0.25) is 5.91 Å². The first-order chi connectivity index (χ1) is 7.00. The fourth-order valence-electron chi connectivity index (χ4n) is 2.18. The fourth-order valence-corrected chi connectivity index (χ4v) is 2.18. The molecule has 0 spiro atoms. The molecule has 1 fully saturated rings. The van der Waals surface area contributed by atoms with E-state index in [0.29, 0.717) is 0 Å². The van der Waals surface area contributed by atoms with Gasteiger partial charge in [-0.25, -0.2) is 0 Å². The Morgan fingerprint density at radius 2 is 2.27 bits per heavy atom. The average Bonchev–Trinajstić information content (AvgIpc) is 2.10. The SMILES string of the molecule is CCCN1CC(C)(C)NC(=O)C1CNC. The van der Waals surface area contributed by atoms with E-state index in [2.05, 4.69) is 36.3 Å². The van der Waals surface area contributed by atoms with Gasteiger partial charge < -0.3 is 10.6 Å². The molecular formula is C11H23N3O. The molecule has 0 aromatic rings. The van der Waals surface area contributed by atoms with Gasteiger partial charge >= 0.3 is 0 Å². The second-order valence-electron chi connectivity index (χ2n) is 4.92. The number of hydrogen-bond donors (Lipinski definition) is 2. The third-order valence-corrected chi connectivity index (χ3v) is 2.71. The van der Waals surface area contributed by atoms with Crippen molar-refractivity contribution in [3.63, 3.8) is 0 Å². The summed E-state index contributed by atoms with van der Waals surface area (Å²) in [6, 6.07) is -0.0111. The van der Waals surface area contributed by atoms with Gasteiger partial charge in [0.1, 0.15) is 6.04 Å². The van der Waals surface area contributed by atoms with Crippen molar-refractivity contribution >= 4 is 5.91 Å². The Kier molecular flexibility index (Phi) is 4.11. The molecule has 1 unspecified atom stereocenters. The molecule has 0 radical (unpaired) electrons. The Morgan fingerprint density at radius 3 is 2.80 bits per heavy atom. The summed E-state index contributed by atoms with van der Waals surface area (Å²) in [7, 11) is 1.89. The van der Waals surface area contributed by atoms with Crippen molar-refractivity contribution in [1.82, 2.24) is 15.5 Å². The van der Waals surface area contributed by atoms with Gasteiger partial charge in [-0.1, -0.05) is 6.92 Å². The van der Waals surface area contributed by atoms with E-state index in [1.54, 1.807) is 0 Å². The van der Waals surface area contributed by atoms with Crippen molar-refractivity contribution in [3.8, 4) is 0 Å². The topological polar surface area (TPSA) is 44.4 Å². The molecule has 1 aliphatic heterocycles. The fraction of sp³-hybridized carbons (Fsp3) is 0.909. The van der Waals surface area contributed by atoms with E-state index in [1.165, 1.54) is 0 Å². The number of carbonyl (C=O) groups excluding carboxylic acids is 1. The minimum atomic E-state index is -0.101. The molecule has 15 heavy (non-hydrogen) atoms. The van der Waals surface area contributed by atoms with Crippen LogP contribution >= 0.6 is 0 Å². The molecule has 0 bridgehead atoms. The van der Waals surface area contributed by atoms with E-state index in [-0.39, 0.29) is 17.5 Å². The van der Waals surface area contributed by atoms with Crippen LogP contribution < -0.4 is 10.6 Å². The van der Waals surface area contributed by atoms with Crippen molar-refractivity contribution in [1.29, 1.82) is 0 Å². The lowest BCUT2D eigenvalue weighted by atomic mass is 9.98. The molecule has 1 heterocycles. The first-order valence-corrected chi connectivity index (χ1v) is 5.71. The zero-order chi connectivity index (χ0) is 11.5. The monoisotopic (exact) mass is 213 g/mol. The molecule has 4 nitrogen and oxygen atoms in total. The lowest BCUT2D eigenvalue weighted by molar-refractivity contribution is -0.132. The molecule has 1 atom stereocenters. The predicted molar refractivity (Wildman–Crippen MR) is 61.8 cm³/mol. The van der Waals surface area contributed by atoms with E-state index in [1.807, 2.05) is 7.05 Å². The van der Waals surface area contributed by atoms with Crippen molar-refractivity contribution < 1.29 is 4.79 Å². The van der Waals surface area contributed by atoms with E-state index in [0.717, 1.165) is 26.1 Å². The number of hydrogen-bond acceptors (Lipinski definition) is 3. The van der Waals surface area contributed by atoms with Crippen LogP contribution in [0.1, 0.15) is 27.2 Å². The first-order valence-electron chi connectivity index (χ1n) is 5.71. The van der Waals surface area contributed by atoms with Crippen molar-refractivity contribution in [2.75, 3.05) is 26.7 Å². The third kappa shape index (κ3) is 3.18. The van der Waals surface area contributed by atoms with Crippen LogP contribution in [0.25, 0.3) is 0 Å². The number of nitrogens with zero attached hydrogens (tertiary/aromatic N) is 1. The molecule has 1 aliphatic rings. The molecule has 0 saturated carbocycles. The first kappa shape index (κ1) is 12.5. The van der Waals surface area contributed by atoms with Crippen molar-refractivity contribution in [3.05, 3.63) is 0 Å². The van der Waals surface area contributed by atoms with Crippen LogP contribution in [-0.4, -0.2) is 49.1 Å². The summed E-state index contributed by atoms with van der Waals surface area (Å²) < 4.78 is 0. The quantitative estimate of drug-likeness (QED) is 0.701. The molecular weight excluding hydrogens is 190 g/mol. The highest BCUT2D eigenvalue weighted by Gasteiger charge is 2.37. The Labute approximate surface area is 92.4 Å². The maximum absolute atomic E-state index is 11.9. The van der Waals surface area contributed by atoms with Crippen LogP contribution in [0, 0.1) is 0 Å². The Morgan fingerprint density at radius 1 is 1.60 bits per heavy atom. The van der Waals surface area contributed by atoms with Gasteiger partial charge in [0.25, 0.3) is 0 Å². The molecule has 0 aromatic carbocycles. The molecule has 0 aliphatic carbocycles. The van der Waals surface area contributed by atoms with Gasteiger partial charge in [0, 0.05) is 18.6 Å². The lowest BCUT2D eigenvalue weighted by Crippen LogP contribution is -2.66. The van der Waals surface area contributed by atoms with Gasteiger partial charge in [0.05, 0.1) is 0 Å². The number of piperazine rings is 1. The number of nitrogens with one attached hydrogen (secondary N) is 2. The van der Waals surface area contributed by atoms with E-state index in [9.17, 15) is 4.79 Å². The van der Waals surface area contributed by atoms with Gasteiger partial charge in [-0.2, -0.15) is 0 Å². The Bertz CT molecular complexity index is 228. The summed E-state index contributed by atoms with van der Waals surface area (Å²) in [5.41, 5.74) is -0.101. The zero-order valence-corrected chi connectivity index (χ0v) is 10.3. The molecule has 1 saturated heterocycles. The second-order valence-corrected chi connectivity index (χ2v) is 4.92. The molecule has 2 N–H and O–H groups in total. The zero-order valence-electron chi connectivity index (χ0n) is 10.3. The average molecular weight is 213 g/mol.